The molecule has 0 aromatic carbocycles. The molecule has 0 atom stereocenters. The van der Waals surface area contributed by atoms with E-state index in [0.717, 1.165) is 0 Å². The fraction of sp³-hybridized carbons (Fsp3) is 0.714. The summed E-state index contributed by atoms with van der Waals surface area (Å²) in [5.41, 5.74) is 0. The van der Waals surface area contributed by atoms with E-state index in [4.69, 9.17) is 6.57 Å². The Bertz CT molecular complexity index is 144. The molecule has 1 amide bonds. The summed E-state index contributed by atoms with van der Waals surface area (Å²) in [6, 6.07) is 0. The van der Waals surface area contributed by atoms with Gasteiger partial charge >= 0.3 is 5.91 Å². The van der Waals surface area contributed by atoms with Crippen LogP contribution in [0.2, 0.25) is 0 Å². The SMILES string of the molecule is [C-]#[N+]CC(=O)N(CC)CC. The number of carbonyl (C=O) groups excluding carboxylic acids is 1. The fourth-order valence-corrected chi connectivity index (χ4v) is 0.744. The zero-order valence-electron chi connectivity index (χ0n) is 6.42. The van der Waals surface area contributed by atoms with E-state index in [1.807, 2.05) is 13.8 Å². The molecule has 0 fully saturated rings. The summed E-state index contributed by atoms with van der Waals surface area (Å²) < 4.78 is 0. The molecule has 0 saturated heterocycles. The van der Waals surface area contributed by atoms with Crippen molar-refractivity contribution in [2.45, 2.75) is 13.8 Å². The van der Waals surface area contributed by atoms with Crippen molar-refractivity contribution in [3.63, 3.8) is 0 Å². The van der Waals surface area contributed by atoms with E-state index < -0.39 is 0 Å². The number of likely N-dealkylation sites (N-methyl/N-ethyl adjacent to an activating group) is 1. The Balaban J connectivity index is 3.79. The van der Waals surface area contributed by atoms with Crippen LogP contribution >= 0.6 is 0 Å². The van der Waals surface area contributed by atoms with Crippen molar-refractivity contribution < 1.29 is 4.79 Å². The van der Waals surface area contributed by atoms with E-state index in [1.54, 1.807) is 4.90 Å². The minimum absolute atomic E-state index is 0.0122. The summed E-state index contributed by atoms with van der Waals surface area (Å²) in [5.74, 6) is -0.0694. The van der Waals surface area contributed by atoms with Crippen molar-refractivity contribution in [1.82, 2.24) is 4.90 Å². The van der Waals surface area contributed by atoms with Gasteiger partial charge in [0.15, 0.2) is 0 Å². The summed E-state index contributed by atoms with van der Waals surface area (Å²) >= 11 is 0. The Morgan fingerprint density at radius 2 is 2.00 bits per heavy atom. The van der Waals surface area contributed by atoms with Crippen LogP contribution in [-0.4, -0.2) is 30.4 Å². The van der Waals surface area contributed by atoms with Crippen molar-refractivity contribution in [2.75, 3.05) is 19.6 Å². The van der Waals surface area contributed by atoms with Gasteiger partial charge in [-0.15, -0.1) is 0 Å². The molecule has 0 aliphatic carbocycles. The van der Waals surface area contributed by atoms with Crippen molar-refractivity contribution >= 4 is 5.91 Å². The Kier molecular flexibility index (Phi) is 4.30. The van der Waals surface area contributed by atoms with Crippen LogP contribution in [0.15, 0.2) is 0 Å². The molecule has 0 aromatic heterocycles. The number of nitrogens with zero attached hydrogens (tertiary/aromatic N) is 2. The number of carbonyl (C=O) groups is 1. The van der Waals surface area contributed by atoms with Crippen LogP contribution < -0.4 is 0 Å². The first-order chi connectivity index (χ1) is 4.76. The van der Waals surface area contributed by atoms with Gasteiger partial charge in [-0.1, -0.05) is 0 Å². The molecule has 3 nitrogen and oxygen atoms in total. The first-order valence-corrected chi connectivity index (χ1v) is 3.37. The van der Waals surface area contributed by atoms with Crippen molar-refractivity contribution in [3.8, 4) is 0 Å². The fourth-order valence-electron chi connectivity index (χ4n) is 0.744. The van der Waals surface area contributed by atoms with E-state index in [-0.39, 0.29) is 12.5 Å². The molecule has 3 heteroatoms. The lowest BCUT2D eigenvalue weighted by molar-refractivity contribution is -0.128. The van der Waals surface area contributed by atoms with Gasteiger partial charge < -0.3 is 9.74 Å². The number of hydrogen-bond donors (Lipinski definition) is 0. The van der Waals surface area contributed by atoms with Gasteiger partial charge in [-0.05, 0) is 13.8 Å². The van der Waals surface area contributed by atoms with Gasteiger partial charge in [0.2, 0.25) is 0 Å². The lowest BCUT2D eigenvalue weighted by Gasteiger charge is -2.14. The first-order valence-electron chi connectivity index (χ1n) is 3.37. The molecule has 0 aliphatic heterocycles. The molecule has 0 spiro atoms. The zero-order valence-corrected chi connectivity index (χ0v) is 6.42. The van der Waals surface area contributed by atoms with Crippen LogP contribution in [0, 0.1) is 6.57 Å². The molecular formula is C7H12N2O. The molecule has 10 heavy (non-hydrogen) atoms. The predicted molar refractivity (Wildman–Crippen MR) is 39.4 cm³/mol. The van der Waals surface area contributed by atoms with Crippen molar-refractivity contribution in [1.29, 1.82) is 0 Å². The highest BCUT2D eigenvalue weighted by molar-refractivity contribution is 5.79. The molecule has 0 unspecified atom stereocenters. The molecule has 0 bridgehead atoms. The highest BCUT2D eigenvalue weighted by Crippen LogP contribution is 1.88. The Morgan fingerprint density at radius 3 is 2.30 bits per heavy atom. The van der Waals surface area contributed by atoms with Gasteiger partial charge in [0.25, 0.3) is 6.54 Å². The average molecular weight is 140 g/mol. The molecule has 0 heterocycles. The maximum atomic E-state index is 10.9. The highest BCUT2D eigenvalue weighted by atomic mass is 16.2. The molecule has 0 aliphatic rings. The third-order valence-electron chi connectivity index (χ3n) is 1.33. The lowest BCUT2D eigenvalue weighted by Crippen LogP contribution is -2.31. The van der Waals surface area contributed by atoms with Gasteiger partial charge in [0.1, 0.15) is 0 Å². The standard InChI is InChI=1S/C7H12N2O/c1-4-9(5-2)7(10)6-8-3/h4-6H2,1-2H3. The molecule has 0 rings (SSSR count). The maximum Gasteiger partial charge on any atom is 0.302 e. The van der Waals surface area contributed by atoms with E-state index in [9.17, 15) is 4.79 Å². The van der Waals surface area contributed by atoms with E-state index in [0.29, 0.717) is 13.1 Å². The summed E-state index contributed by atoms with van der Waals surface area (Å²) in [4.78, 5) is 15.6. The summed E-state index contributed by atoms with van der Waals surface area (Å²) in [6.07, 6.45) is 0. The lowest BCUT2D eigenvalue weighted by atomic mass is 10.4. The second-order valence-electron chi connectivity index (χ2n) is 1.88. The van der Waals surface area contributed by atoms with E-state index in [2.05, 4.69) is 4.85 Å². The van der Waals surface area contributed by atoms with Gasteiger partial charge in [-0.25, -0.2) is 6.57 Å². The van der Waals surface area contributed by atoms with Crippen LogP contribution in [0.25, 0.3) is 4.85 Å². The van der Waals surface area contributed by atoms with Gasteiger partial charge in [-0.2, -0.15) is 0 Å². The van der Waals surface area contributed by atoms with Crippen LogP contribution in [0.4, 0.5) is 0 Å². The molecule has 0 N–H and O–H groups in total. The topological polar surface area (TPSA) is 24.7 Å². The molecule has 0 saturated carbocycles. The highest BCUT2D eigenvalue weighted by Gasteiger charge is 2.10. The minimum atomic E-state index is -0.0694. The third kappa shape index (κ3) is 2.49. The summed E-state index contributed by atoms with van der Waals surface area (Å²) in [6.45, 7) is 11.7. The largest absolute Gasteiger partial charge is 0.337 e. The normalized spacial score (nSPS) is 8.50. The van der Waals surface area contributed by atoms with Crippen LogP contribution in [0.3, 0.4) is 0 Å². The summed E-state index contributed by atoms with van der Waals surface area (Å²) in [7, 11) is 0. The second kappa shape index (κ2) is 4.80. The predicted octanol–water partition coefficient (Wildman–Crippen LogP) is 0.774. The van der Waals surface area contributed by atoms with Crippen molar-refractivity contribution in [2.24, 2.45) is 0 Å². The number of hydrogen-bond acceptors (Lipinski definition) is 1. The Labute approximate surface area is 61.5 Å². The van der Waals surface area contributed by atoms with Crippen LogP contribution in [-0.2, 0) is 4.79 Å². The second-order valence-corrected chi connectivity index (χ2v) is 1.88. The molecule has 0 radical (unpaired) electrons. The minimum Gasteiger partial charge on any atom is -0.337 e. The Hall–Kier alpha value is -1.04. The molecule has 0 aromatic rings. The van der Waals surface area contributed by atoms with Gasteiger partial charge in [-0.3, -0.25) is 4.79 Å². The van der Waals surface area contributed by atoms with E-state index >= 15 is 0 Å². The quantitative estimate of drug-likeness (QED) is 0.531. The number of amides is 1. The molecule has 56 valence electrons. The maximum absolute atomic E-state index is 10.9. The first kappa shape index (κ1) is 8.96. The van der Waals surface area contributed by atoms with Gasteiger partial charge in [0, 0.05) is 13.1 Å². The van der Waals surface area contributed by atoms with Gasteiger partial charge in [0.05, 0.1) is 0 Å². The third-order valence-corrected chi connectivity index (χ3v) is 1.33. The zero-order chi connectivity index (χ0) is 7.98. The smallest absolute Gasteiger partial charge is 0.302 e. The van der Waals surface area contributed by atoms with Crippen molar-refractivity contribution in [3.05, 3.63) is 11.4 Å². The molecular weight excluding hydrogens is 128 g/mol. The Morgan fingerprint density at radius 1 is 1.50 bits per heavy atom. The van der Waals surface area contributed by atoms with Crippen LogP contribution in [0.5, 0.6) is 0 Å². The summed E-state index contributed by atoms with van der Waals surface area (Å²) in [5, 5.41) is 0. The van der Waals surface area contributed by atoms with E-state index in [1.165, 1.54) is 0 Å². The van der Waals surface area contributed by atoms with Crippen LogP contribution in [0.1, 0.15) is 13.8 Å². The number of rotatable bonds is 3. The monoisotopic (exact) mass is 140 g/mol. The average Bonchev–Trinajstić information content (AvgIpc) is 1.91.